The van der Waals surface area contributed by atoms with Crippen LogP contribution >= 0.6 is 0 Å². The molecule has 0 saturated carbocycles. The van der Waals surface area contributed by atoms with Crippen molar-refractivity contribution in [3.8, 4) is 0 Å². The third-order valence-electron chi connectivity index (χ3n) is 3.86. The van der Waals surface area contributed by atoms with E-state index in [0.717, 1.165) is 65.2 Å². The van der Waals surface area contributed by atoms with Crippen molar-refractivity contribution >= 4 is 6.03 Å². The summed E-state index contributed by atoms with van der Waals surface area (Å²) in [6, 6.07) is 0.0901. The molecule has 1 heterocycles. The molecule has 0 aromatic rings. The summed E-state index contributed by atoms with van der Waals surface area (Å²) in [5.41, 5.74) is 0. The van der Waals surface area contributed by atoms with Gasteiger partial charge in [0, 0.05) is 39.3 Å². The zero-order valence-corrected chi connectivity index (χ0v) is 14.1. The standard InChI is InChI=1S/C16H33N3O2/c1-15(2)7-6-8-17-16(20)19-9-4-5-13-21-14-12-18(3)10-11-19/h15H,4-14H2,1-3H3,(H,17,20). The van der Waals surface area contributed by atoms with Gasteiger partial charge in [-0.1, -0.05) is 13.8 Å². The maximum Gasteiger partial charge on any atom is 0.317 e. The summed E-state index contributed by atoms with van der Waals surface area (Å²) in [5, 5.41) is 3.06. The Morgan fingerprint density at radius 2 is 1.95 bits per heavy atom. The minimum Gasteiger partial charge on any atom is -0.380 e. The number of likely N-dealkylation sites (N-methyl/N-ethyl adjacent to an activating group) is 1. The second-order valence-electron chi connectivity index (χ2n) is 6.38. The van der Waals surface area contributed by atoms with Crippen LogP contribution < -0.4 is 5.32 Å². The van der Waals surface area contributed by atoms with Crippen molar-refractivity contribution in [2.45, 2.75) is 39.5 Å². The smallest absolute Gasteiger partial charge is 0.317 e. The molecule has 1 saturated heterocycles. The normalized spacial score (nSPS) is 19.3. The van der Waals surface area contributed by atoms with E-state index < -0.39 is 0 Å². The Bertz CT molecular complexity index is 285. The number of nitrogens with zero attached hydrogens (tertiary/aromatic N) is 2. The second-order valence-corrected chi connectivity index (χ2v) is 6.38. The molecule has 0 radical (unpaired) electrons. The maximum absolute atomic E-state index is 12.3. The number of amides is 2. The minimum atomic E-state index is 0.0901. The summed E-state index contributed by atoms with van der Waals surface area (Å²) in [5.74, 6) is 0.702. The van der Waals surface area contributed by atoms with Crippen LogP contribution in [0.15, 0.2) is 0 Å². The van der Waals surface area contributed by atoms with Crippen LogP contribution in [0.25, 0.3) is 0 Å². The van der Waals surface area contributed by atoms with Gasteiger partial charge >= 0.3 is 6.03 Å². The Morgan fingerprint density at radius 3 is 2.71 bits per heavy atom. The van der Waals surface area contributed by atoms with Gasteiger partial charge < -0.3 is 19.9 Å². The summed E-state index contributed by atoms with van der Waals surface area (Å²) in [4.78, 5) is 16.4. The average Bonchev–Trinajstić information content (AvgIpc) is 2.49. The van der Waals surface area contributed by atoms with Crippen LogP contribution in [0.5, 0.6) is 0 Å². The highest BCUT2D eigenvalue weighted by Crippen LogP contribution is 2.03. The lowest BCUT2D eigenvalue weighted by atomic mass is 10.1. The molecule has 2 amide bonds. The minimum absolute atomic E-state index is 0.0901. The third kappa shape index (κ3) is 8.94. The number of carbonyl (C=O) groups is 1. The van der Waals surface area contributed by atoms with Crippen molar-refractivity contribution in [3.05, 3.63) is 0 Å². The van der Waals surface area contributed by atoms with Gasteiger partial charge in [-0.25, -0.2) is 4.79 Å². The predicted octanol–water partition coefficient (Wildman–Crippen LogP) is 2.18. The van der Waals surface area contributed by atoms with E-state index in [-0.39, 0.29) is 6.03 Å². The van der Waals surface area contributed by atoms with Gasteiger partial charge in [0.1, 0.15) is 0 Å². The molecule has 0 aromatic carbocycles. The van der Waals surface area contributed by atoms with Gasteiger partial charge in [0.15, 0.2) is 0 Å². The Balaban J connectivity index is 2.34. The quantitative estimate of drug-likeness (QED) is 0.809. The Hall–Kier alpha value is -0.810. The van der Waals surface area contributed by atoms with Crippen molar-refractivity contribution in [3.63, 3.8) is 0 Å². The highest BCUT2D eigenvalue weighted by molar-refractivity contribution is 5.74. The first kappa shape index (κ1) is 18.2. The molecule has 1 N–H and O–H groups in total. The molecule has 0 unspecified atom stereocenters. The number of carbonyl (C=O) groups excluding carboxylic acids is 1. The summed E-state index contributed by atoms with van der Waals surface area (Å²) in [6.07, 6.45) is 4.27. The van der Waals surface area contributed by atoms with E-state index in [1.165, 1.54) is 6.42 Å². The van der Waals surface area contributed by atoms with Gasteiger partial charge in [0.2, 0.25) is 0 Å². The average molecular weight is 299 g/mol. The Labute approximate surface area is 130 Å². The third-order valence-corrected chi connectivity index (χ3v) is 3.86. The van der Waals surface area contributed by atoms with E-state index in [4.69, 9.17) is 4.74 Å². The summed E-state index contributed by atoms with van der Waals surface area (Å²) < 4.78 is 5.57. The zero-order valence-electron chi connectivity index (χ0n) is 14.1. The number of urea groups is 1. The summed E-state index contributed by atoms with van der Waals surface area (Å²) >= 11 is 0. The fourth-order valence-corrected chi connectivity index (χ4v) is 2.36. The molecule has 21 heavy (non-hydrogen) atoms. The first-order chi connectivity index (χ1) is 10.1. The molecule has 1 fully saturated rings. The molecule has 1 aliphatic heterocycles. The van der Waals surface area contributed by atoms with Gasteiger partial charge in [0.25, 0.3) is 0 Å². The molecule has 5 heteroatoms. The van der Waals surface area contributed by atoms with Crippen LogP contribution in [0.2, 0.25) is 0 Å². The van der Waals surface area contributed by atoms with Crippen LogP contribution in [0.4, 0.5) is 4.79 Å². The van der Waals surface area contributed by atoms with Gasteiger partial charge in [-0.15, -0.1) is 0 Å². The van der Waals surface area contributed by atoms with Crippen molar-refractivity contribution in [1.82, 2.24) is 15.1 Å². The fourth-order valence-electron chi connectivity index (χ4n) is 2.36. The molecular weight excluding hydrogens is 266 g/mol. The van der Waals surface area contributed by atoms with Gasteiger partial charge in [-0.05, 0) is 38.6 Å². The second kappa shape index (κ2) is 10.9. The fraction of sp³-hybridized carbons (Fsp3) is 0.938. The van der Waals surface area contributed by atoms with Crippen molar-refractivity contribution in [1.29, 1.82) is 0 Å². The van der Waals surface area contributed by atoms with E-state index in [1.54, 1.807) is 0 Å². The number of rotatable bonds is 4. The molecule has 0 bridgehead atoms. The van der Waals surface area contributed by atoms with Crippen LogP contribution in [0.1, 0.15) is 39.5 Å². The van der Waals surface area contributed by atoms with E-state index in [1.807, 2.05) is 4.90 Å². The topological polar surface area (TPSA) is 44.8 Å². The zero-order chi connectivity index (χ0) is 15.5. The molecule has 0 aromatic heterocycles. The molecule has 1 rings (SSSR count). The SMILES string of the molecule is CC(C)CCCNC(=O)N1CCCCOCCN(C)CC1. The van der Waals surface area contributed by atoms with Crippen molar-refractivity contribution in [2.75, 3.05) is 53.0 Å². The van der Waals surface area contributed by atoms with E-state index in [9.17, 15) is 4.79 Å². The molecule has 1 aliphatic rings. The van der Waals surface area contributed by atoms with Gasteiger partial charge in [-0.2, -0.15) is 0 Å². The molecule has 0 atom stereocenters. The summed E-state index contributed by atoms with van der Waals surface area (Å²) in [6.45, 7) is 10.3. The van der Waals surface area contributed by atoms with Crippen LogP contribution in [0, 0.1) is 5.92 Å². The number of hydrogen-bond acceptors (Lipinski definition) is 3. The number of hydrogen-bond donors (Lipinski definition) is 1. The van der Waals surface area contributed by atoms with Gasteiger partial charge in [0.05, 0.1) is 6.61 Å². The highest BCUT2D eigenvalue weighted by atomic mass is 16.5. The monoisotopic (exact) mass is 299 g/mol. The number of ether oxygens (including phenoxy) is 1. The number of nitrogens with one attached hydrogen (secondary N) is 1. The highest BCUT2D eigenvalue weighted by Gasteiger charge is 2.14. The van der Waals surface area contributed by atoms with E-state index >= 15 is 0 Å². The first-order valence-electron chi connectivity index (χ1n) is 8.38. The molecule has 0 spiro atoms. The predicted molar refractivity (Wildman–Crippen MR) is 86.6 cm³/mol. The Kier molecular flexibility index (Phi) is 9.42. The molecule has 0 aliphatic carbocycles. The Morgan fingerprint density at radius 1 is 1.14 bits per heavy atom. The van der Waals surface area contributed by atoms with Crippen LogP contribution in [0.3, 0.4) is 0 Å². The summed E-state index contributed by atoms with van der Waals surface area (Å²) in [7, 11) is 2.08. The lowest BCUT2D eigenvalue weighted by Crippen LogP contribution is -2.44. The maximum atomic E-state index is 12.3. The molecule has 124 valence electrons. The molecule has 5 nitrogen and oxygen atoms in total. The largest absolute Gasteiger partial charge is 0.380 e. The van der Waals surface area contributed by atoms with E-state index in [2.05, 4.69) is 31.1 Å². The first-order valence-corrected chi connectivity index (χ1v) is 8.38. The van der Waals surface area contributed by atoms with Crippen molar-refractivity contribution in [2.24, 2.45) is 5.92 Å². The van der Waals surface area contributed by atoms with Crippen LogP contribution in [-0.4, -0.2) is 68.8 Å². The molecular formula is C16H33N3O2. The lowest BCUT2D eigenvalue weighted by Gasteiger charge is -2.25. The van der Waals surface area contributed by atoms with E-state index in [0.29, 0.717) is 5.92 Å². The van der Waals surface area contributed by atoms with Crippen molar-refractivity contribution < 1.29 is 9.53 Å². The van der Waals surface area contributed by atoms with Gasteiger partial charge in [-0.3, -0.25) is 0 Å². The van der Waals surface area contributed by atoms with Crippen LogP contribution in [-0.2, 0) is 4.74 Å². The lowest BCUT2D eigenvalue weighted by molar-refractivity contribution is 0.111.